The number of ether oxygens (including phenoxy) is 3. The molecular weight excluding hydrogens is 458 g/mol. The van der Waals surface area contributed by atoms with Crippen molar-refractivity contribution in [1.29, 1.82) is 0 Å². The summed E-state index contributed by atoms with van der Waals surface area (Å²) in [6.45, 7) is 2.26. The van der Waals surface area contributed by atoms with Crippen LogP contribution >= 0.6 is 0 Å². The van der Waals surface area contributed by atoms with Gasteiger partial charge in [-0.15, -0.1) is 0 Å². The SMILES string of the molecule is COc1ccccc1NC(=O)c1ccc(NC(=O)CN2CCCC2c2ccc3c(c2)OCCO3)cc1. The Morgan fingerprint density at radius 1 is 0.972 bits per heavy atom. The topological polar surface area (TPSA) is 89.1 Å². The fourth-order valence-corrected chi connectivity index (χ4v) is 4.69. The minimum Gasteiger partial charge on any atom is -0.495 e. The predicted octanol–water partition coefficient (Wildman–Crippen LogP) is 4.49. The van der Waals surface area contributed by atoms with E-state index in [2.05, 4.69) is 21.6 Å². The fraction of sp³-hybridized carbons (Fsp3) is 0.286. The summed E-state index contributed by atoms with van der Waals surface area (Å²) in [6.07, 6.45) is 2.02. The van der Waals surface area contributed by atoms with E-state index in [9.17, 15) is 9.59 Å². The first-order chi connectivity index (χ1) is 17.6. The second-order valence-corrected chi connectivity index (χ2v) is 8.81. The Morgan fingerprint density at radius 2 is 1.75 bits per heavy atom. The van der Waals surface area contributed by atoms with Crippen LogP contribution in [-0.4, -0.2) is 50.1 Å². The lowest BCUT2D eigenvalue weighted by atomic mass is 10.0. The zero-order valence-corrected chi connectivity index (χ0v) is 20.2. The lowest BCUT2D eigenvalue weighted by Gasteiger charge is -2.26. The van der Waals surface area contributed by atoms with Crippen molar-refractivity contribution < 1.29 is 23.8 Å². The summed E-state index contributed by atoms with van der Waals surface area (Å²) in [5.41, 5.74) is 2.86. The molecule has 36 heavy (non-hydrogen) atoms. The van der Waals surface area contributed by atoms with Crippen LogP contribution in [0.5, 0.6) is 17.2 Å². The molecule has 3 aromatic rings. The summed E-state index contributed by atoms with van der Waals surface area (Å²) in [6, 6.07) is 20.3. The maximum absolute atomic E-state index is 12.8. The molecule has 3 aromatic carbocycles. The number of amides is 2. The molecule has 0 bridgehead atoms. The molecule has 0 aromatic heterocycles. The van der Waals surface area contributed by atoms with Crippen LogP contribution < -0.4 is 24.8 Å². The molecule has 8 heteroatoms. The minimum absolute atomic E-state index is 0.0920. The van der Waals surface area contributed by atoms with Crippen LogP contribution in [0.4, 0.5) is 11.4 Å². The van der Waals surface area contributed by atoms with Crippen molar-refractivity contribution in [3.8, 4) is 17.2 Å². The molecule has 1 atom stereocenters. The molecule has 1 fully saturated rings. The summed E-state index contributed by atoms with van der Waals surface area (Å²) < 4.78 is 16.6. The van der Waals surface area contributed by atoms with Crippen LogP contribution in [0.3, 0.4) is 0 Å². The van der Waals surface area contributed by atoms with Gasteiger partial charge in [-0.25, -0.2) is 0 Å². The first-order valence-corrected chi connectivity index (χ1v) is 12.1. The molecule has 2 aliphatic heterocycles. The fourth-order valence-electron chi connectivity index (χ4n) is 4.69. The number of rotatable bonds is 7. The van der Waals surface area contributed by atoms with Gasteiger partial charge in [-0.2, -0.15) is 0 Å². The van der Waals surface area contributed by atoms with E-state index in [1.165, 1.54) is 0 Å². The Morgan fingerprint density at radius 3 is 2.56 bits per heavy atom. The van der Waals surface area contributed by atoms with Gasteiger partial charge in [0, 0.05) is 17.3 Å². The van der Waals surface area contributed by atoms with E-state index in [0.29, 0.717) is 35.9 Å². The van der Waals surface area contributed by atoms with E-state index < -0.39 is 0 Å². The van der Waals surface area contributed by atoms with E-state index in [0.717, 1.165) is 36.4 Å². The lowest BCUT2D eigenvalue weighted by molar-refractivity contribution is -0.117. The van der Waals surface area contributed by atoms with Crippen molar-refractivity contribution in [2.45, 2.75) is 18.9 Å². The smallest absolute Gasteiger partial charge is 0.255 e. The van der Waals surface area contributed by atoms with Crippen molar-refractivity contribution in [1.82, 2.24) is 4.90 Å². The number of hydrogen-bond acceptors (Lipinski definition) is 6. The van der Waals surface area contributed by atoms with Crippen LogP contribution in [0.15, 0.2) is 66.7 Å². The number of para-hydroxylation sites is 2. The molecule has 0 spiro atoms. The van der Waals surface area contributed by atoms with Gasteiger partial charge in [0.1, 0.15) is 19.0 Å². The average molecular weight is 488 g/mol. The van der Waals surface area contributed by atoms with Gasteiger partial charge >= 0.3 is 0 Å². The second kappa shape index (κ2) is 10.7. The van der Waals surface area contributed by atoms with Gasteiger partial charge in [0.2, 0.25) is 5.91 Å². The molecule has 2 amide bonds. The van der Waals surface area contributed by atoms with Gasteiger partial charge < -0.3 is 24.8 Å². The average Bonchev–Trinajstić information content (AvgIpc) is 3.37. The molecule has 5 rings (SSSR count). The van der Waals surface area contributed by atoms with Gasteiger partial charge in [0.15, 0.2) is 11.5 Å². The number of likely N-dealkylation sites (tertiary alicyclic amines) is 1. The summed E-state index contributed by atoms with van der Waals surface area (Å²) in [5.74, 6) is 1.78. The first-order valence-electron chi connectivity index (χ1n) is 12.1. The Hall–Kier alpha value is -4.04. The monoisotopic (exact) mass is 487 g/mol. The third kappa shape index (κ3) is 5.28. The third-order valence-corrected chi connectivity index (χ3v) is 6.45. The molecule has 1 saturated heterocycles. The van der Waals surface area contributed by atoms with Gasteiger partial charge in [0.05, 0.1) is 19.3 Å². The van der Waals surface area contributed by atoms with E-state index in [1.807, 2.05) is 24.3 Å². The normalized spacial score (nSPS) is 16.9. The quantitative estimate of drug-likeness (QED) is 0.510. The number of carbonyl (C=O) groups excluding carboxylic acids is 2. The molecule has 0 radical (unpaired) electrons. The van der Waals surface area contributed by atoms with Crippen molar-refractivity contribution >= 4 is 23.2 Å². The Balaban J connectivity index is 1.18. The standard InChI is InChI=1S/C28H29N3O5/c1-34-24-7-3-2-5-22(24)30-28(33)19-8-11-21(12-9-19)29-27(32)18-31-14-4-6-23(31)20-10-13-25-26(17-20)36-16-15-35-25/h2-3,5,7-13,17,23H,4,6,14-16,18H2,1H3,(H,29,32)(H,30,33). The van der Waals surface area contributed by atoms with Crippen LogP contribution in [0.25, 0.3) is 0 Å². The summed E-state index contributed by atoms with van der Waals surface area (Å²) in [7, 11) is 1.56. The number of nitrogens with one attached hydrogen (secondary N) is 2. The molecule has 0 saturated carbocycles. The number of benzene rings is 3. The van der Waals surface area contributed by atoms with Crippen molar-refractivity contribution in [3.05, 3.63) is 77.9 Å². The van der Waals surface area contributed by atoms with Crippen molar-refractivity contribution in [2.75, 3.05) is 44.0 Å². The number of methoxy groups -OCH3 is 1. The van der Waals surface area contributed by atoms with Crippen LogP contribution in [0, 0.1) is 0 Å². The number of anilines is 2. The first kappa shape index (κ1) is 23.7. The highest BCUT2D eigenvalue weighted by molar-refractivity contribution is 6.05. The minimum atomic E-state index is -0.253. The Kier molecular flexibility index (Phi) is 7.04. The predicted molar refractivity (Wildman–Crippen MR) is 137 cm³/mol. The highest BCUT2D eigenvalue weighted by atomic mass is 16.6. The molecule has 186 valence electrons. The summed E-state index contributed by atoms with van der Waals surface area (Å²) in [4.78, 5) is 27.6. The van der Waals surface area contributed by atoms with Gasteiger partial charge in [-0.05, 0) is 73.5 Å². The van der Waals surface area contributed by atoms with Gasteiger partial charge in [-0.3, -0.25) is 14.5 Å². The maximum Gasteiger partial charge on any atom is 0.255 e. The Bertz CT molecular complexity index is 1240. The molecule has 2 aliphatic rings. The lowest BCUT2D eigenvalue weighted by Crippen LogP contribution is -2.33. The number of hydrogen-bond donors (Lipinski definition) is 2. The molecule has 1 unspecified atom stereocenters. The van der Waals surface area contributed by atoms with E-state index >= 15 is 0 Å². The largest absolute Gasteiger partial charge is 0.495 e. The zero-order chi connectivity index (χ0) is 24.9. The Labute approximate surface area is 210 Å². The van der Waals surface area contributed by atoms with Crippen LogP contribution in [0.1, 0.15) is 34.8 Å². The molecule has 2 heterocycles. The molecular formula is C28H29N3O5. The third-order valence-electron chi connectivity index (χ3n) is 6.45. The maximum atomic E-state index is 12.8. The zero-order valence-electron chi connectivity index (χ0n) is 20.2. The van der Waals surface area contributed by atoms with E-state index in [4.69, 9.17) is 14.2 Å². The second-order valence-electron chi connectivity index (χ2n) is 8.81. The highest BCUT2D eigenvalue weighted by Crippen LogP contribution is 2.38. The van der Waals surface area contributed by atoms with Crippen LogP contribution in [0.2, 0.25) is 0 Å². The van der Waals surface area contributed by atoms with E-state index in [-0.39, 0.29) is 24.4 Å². The van der Waals surface area contributed by atoms with Gasteiger partial charge in [-0.1, -0.05) is 18.2 Å². The van der Waals surface area contributed by atoms with Crippen molar-refractivity contribution in [3.63, 3.8) is 0 Å². The number of fused-ring (bicyclic) bond motifs is 1. The highest BCUT2D eigenvalue weighted by Gasteiger charge is 2.28. The number of nitrogens with zero attached hydrogens (tertiary/aromatic N) is 1. The summed E-state index contributed by atoms with van der Waals surface area (Å²) >= 11 is 0. The summed E-state index contributed by atoms with van der Waals surface area (Å²) in [5, 5.41) is 5.80. The van der Waals surface area contributed by atoms with Crippen molar-refractivity contribution in [2.24, 2.45) is 0 Å². The van der Waals surface area contributed by atoms with Crippen LogP contribution in [-0.2, 0) is 4.79 Å². The van der Waals surface area contributed by atoms with E-state index in [1.54, 1.807) is 43.5 Å². The number of carbonyl (C=O) groups is 2. The van der Waals surface area contributed by atoms with Gasteiger partial charge in [0.25, 0.3) is 5.91 Å². The molecule has 0 aliphatic carbocycles. The molecule has 2 N–H and O–H groups in total. The molecule has 8 nitrogen and oxygen atoms in total.